The van der Waals surface area contributed by atoms with Crippen LogP contribution in [-0.4, -0.2) is 53.8 Å². The van der Waals surface area contributed by atoms with E-state index in [-0.39, 0.29) is 18.4 Å². The summed E-state index contributed by atoms with van der Waals surface area (Å²) in [6.45, 7) is 3.42. The lowest BCUT2D eigenvalue weighted by Gasteiger charge is -2.27. The predicted octanol–water partition coefficient (Wildman–Crippen LogP) is 0.578. The van der Waals surface area contributed by atoms with Gasteiger partial charge in [0, 0.05) is 24.7 Å². The zero-order chi connectivity index (χ0) is 23.3. The Balaban J connectivity index is 1.55. The van der Waals surface area contributed by atoms with Crippen molar-refractivity contribution in [3.63, 3.8) is 0 Å². The number of amides is 4. The lowest BCUT2D eigenvalue weighted by molar-refractivity contribution is -0.137. The first-order valence-corrected chi connectivity index (χ1v) is 9.96. The van der Waals surface area contributed by atoms with Crippen molar-refractivity contribution in [1.82, 2.24) is 20.9 Å². The molecule has 1 aliphatic heterocycles. The van der Waals surface area contributed by atoms with Gasteiger partial charge in [0.25, 0.3) is 0 Å². The van der Waals surface area contributed by atoms with E-state index < -0.39 is 23.4 Å². The van der Waals surface area contributed by atoms with Crippen LogP contribution in [0.5, 0.6) is 5.75 Å². The fourth-order valence-electron chi connectivity index (χ4n) is 3.16. The third kappa shape index (κ3) is 5.62. The number of methoxy groups -OCH3 is 1. The number of benzene rings is 1. The maximum atomic E-state index is 12.4. The SMILES string of the molecule is COc1cc(NC(=O)C(=O)NC(C)(C)CNC(=O)[C@H]2CCC(=O)N2)ccc1-c1cnco1. The van der Waals surface area contributed by atoms with E-state index in [0.717, 1.165) is 0 Å². The molecule has 11 heteroatoms. The highest BCUT2D eigenvalue weighted by Crippen LogP contribution is 2.32. The normalized spacial score (nSPS) is 15.6. The molecule has 0 radical (unpaired) electrons. The van der Waals surface area contributed by atoms with Gasteiger partial charge in [0.05, 0.1) is 24.4 Å². The largest absolute Gasteiger partial charge is 0.496 e. The van der Waals surface area contributed by atoms with E-state index in [9.17, 15) is 19.2 Å². The Morgan fingerprint density at radius 1 is 1.28 bits per heavy atom. The molecular weight excluding hydrogens is 418 g/mol. The molecule has 2 heterocycles. The molecule has 1 fully saturated rings. The Morgan fingerprint density at radius 3 is 2.69 bits per heavy atom. The maximum Gasteiger partial charge on any atom is 0.313 e. The third-order valence-corrected chi connectivity index (χ3v) is 4.83. The Morgan fingerprint density at radius 2 is 2.06 bits per heavy atom. The van der Waals surface area contributed by atoms with Gasteiger partial charge in [-0.3, -0.25) is 19.2 Å². The number of aromatic nitrogens is 1. The van der Waals surface area contributed by atoms with E-state index in [1.165, 1.54) is 19.7 Å². The van der Waals surface area contributed by atoms with Crippen LogP contribution in [0.1, 0.15) is 26.7 Å². The minimum Gasteiger partial charge on any atom is -0.496 e. The van der Waals surface area contributed by atoms with Gasteiger partial charge >= 0.3 is 11.8 Å². The number of hydrogen-bond donors (Lipinski definition) is 4. The first-order chi connectivity index (χ1) is 15.2. The zero-order valence-electron chi connectivity index (χ0n) is 18.0. The van der Waals surface area contributed by atoms with Gasteiger partial charge < -0.3 is 30.4 Å². The molecule has 0 bridgehead atoms. The van der Waals surface area contributed by atoms with E-state index in [0.29, 0.717) is 35.6 Å². The van der Waals surface area contributed by atoms with E-state index in [1.54, 1.807) is 32.0 Å². The summed E-state index contributed by atoms with van der Waals surface area (Å²) < 4.78 is 10.6. The van der Waals surface area contributed by atoms with Crippen LogP contribution >= 0.6 is 0 Å². The highest BCUT2D eigenvalue weighted by Gasteiger charge is 2.30. The molecule has 1 saturated heterocycles. The smallest absolute Gasteiger partial charge is 0.313 e. The van der Waals surface area contributed by atoms with E-state index in [1.807, 2.05) is 0 Å². The second kappa shape index (κ2) is 9.50. The quantitative estimate of drug-likeness (QED) is 0.457. The maximum absolute atomic E-state index is 12.4. The molecule has 1 atom stereocenters. The first kappa shape index (κ1) is 22.8. The molecule has 11 nitrogen and oxygen atoms in total. The fraction of sp³-hybridized carbons (Fsp3) is 0.381. The Kier molecular flexibility index (Phi) is 6.76. The van der Waals surface area contributed by atoms with Crippen molar-refractivity contribution < 1.29 is 28.3 Å². The van der Waals surface area contributed by atoms with Gasteiger partial charge in [-0.25, -0.2) is 4.98 Å². The van der Waals surface area contributed by atoms with Crippen molar-refractivity contribution in [1.29, 1.82) is 0 Å². The third-order valence-electron chi connectivity index (χ3n) is 4.83. The van der Waals surface area contributed by atoms with Crippen molar-refractivity contribution in [2.75, 3.05) is 19.0 Å². The molecule has 32 heavy (non-hydrogen) atoms. The number of carbonyl (C=O) groups is 4. The molecule has 0 saturated carbocycles. The van der Waals surface area contributed by atoms with Crippen LogP contribution in [0.15, 0.2) is 35.2 Å². The summed E-state index contributed by atoms with van der Waals surface area (Å²) in [7, 11) is 1.47. The number of nitrogens with one attached hydrogen (secondary N) is 4. The summed E-state index contributed by atoms with van der Waals surface area (Å²) >= 11 is 0. The fourth-order valence-corrected chi connectivity index (χ4v) is 3.16. The summed E-state index contributed by atoms with van der Waals surface area (Å²) in [5.74, 6) is -1.31. The van der Waals surface area contributed by atoms with Crippen molar-refractivity contribution in [3.8, 4) is 17.1 Å². The first-order valence-electron chi connectivity index (χ1n) is 9.96. The molecule has 1 aromatic heterocycles. The predicted molar refractivity (Wildman–Crippen MR) is 114 cm³/mol. The molecule has 0 aliphatic carbocycles. The number of nitrogens with zero attached hydrogens (tertiary/aromatic N) is 1. The highest BCUT2D eigenvalue weighted by molar-refractivity contribution is 6.39. The van der Waals surface area contributed by atoms with Crippen LogP contribution in [0.2, 0.25) is 0 Å². The Hall–Kier alpha value is -3.89. The van der Waals surface area contributed by atoms with Crippen LogP contribution < -0.4 is 26.0 Å². The Labute approximate surface area is 184 Å². The lowest BCUT2D eigenvalue weighted by atomic mass is 10.1. The summed E-state index contributed by atoms with van der Waals surface area (Å²) in [5.41, 5.74) is 0.0942. The molecule has 2 aromatic rings. The van der Waals surface area contributed by atoms with Crippen LogP contribution in [0, 0.1) is 0 Å². The molecule has 1 aliphatic rings. The number of rotatable bonds is 7. The summed E-state index contributed by atoms with van der Waals surface area (Å²) in [6.07, 6.45) is 3.56. The second-order valence-corrected chi connectivity index (χ2v) is 7.95. The number of hydrogen-bond acceptors (Lipinski definition) is 7. The van der Waals surface area contributed by atoms with Crippen LogP contribution in [-0.2, 0) is 19.2 Å². The van der Waals surface area contributed by atoms with Gasteiger partial charge in [-0.05, 0) is 32.4 Å². The standard InChI is InChI=1S/C21H25N5O6/c1-21(2,10-23-18(28)14-6-7-17(27)25-14)26-20(30)19(29)24-12-4-5-13(15(8-12)31-3)16-9-22-11-32-16/h4-5,8-9,11,14H,6-7,10H2,1-3H3,(H,23,28)(H,24,29)(H,25,27)(H,26,30)/t14-/m1/s1. The minimum absolute atomic E-state index is 0.0803. The molecule has 170 valence electrons. The van der Waals surface area contributed by atoms with Crippen molar-refractivity contribution in [3.05, 3.63) is 30.8 Å². The van der Waals surface area contributed by atoms with Crippen molar-refractivity contribution >= 4 is 29.3 Å². The summed E-state index contributed by atoms with van der Waals surface area (Å²) in [6, 6.07) is 4.26. The van der Waals surface area contributed by atoms with Gasteiger partial charge in [0.2, 0.25) is 11.8 Å². The molecule has 1 aromatic carbocycles. The molecule has 0 unspecified atom stereocenters. The van der Waals surface area contributed by atoms with Crippen molar-refractivity contribution in [2.24, 2.45) is 0 Å². The van der Waals surface area contributed by atoms with Gasteiger partial charge in [-0.2, -0.15) is 0 Å². The molecule has 3 rings (SSSR count). The molecule has 4 amide bonds. The molecule has 4 N–H and O–H groups in total. The minimum atomic E-state index is -0.902. The number of anilines is 1. The van der Waals surface area contributed by atoms with Crippen LogP contribution in [0.3, 0.4) is 0 Å². The van der Waals surface area contributed by atoms with E-state index in [4.69, 9.17) is 9.15 Å². The van der Waals surface area contributed by atoms with Gasteiger partial charge in [0.15, 0.2) is 12.2 Å². The molecular formula is C21H25N5O6. The van der Waals surface area contributed by atoms with Gasteiger partial charge in [-0.1, -0.05) is 0 Å². The van der Waals surface area contributed by atoms with Crippen LogP contribution in [0.4, 0.5) is 5.69 Å². The number of oxazole rings is 1. The number of carbonyl (C=O) groups excluding carboxylic acids is 4. The lowest BCUT2D eigenvalue weighted by Crippen LogP contribution is -2.55. The number of ether oxygens (including phenoxy) is 1. The monoisotopic (exact) mass is 443 g/mol. The topological polar surface area (TPSA) is 152 Å². The van der Waals surface area contributed by atoms with E-state index in [2.05, 4.69) is 26.3 Å². The average molecular weight is 443 g/mol. The second-order valence-electron chi connectivity index (χ2n) is 7.95. The Bertz CT molecular complexity index is 1020. The summed E-state index contributed by atoms with van der Waals surface area (Å²) in [5, 5.41) is 10.4. The summed E-state index contributed by atoms with van der Waals surface area (Å²) in [4.78, 5) is 52.0. The van der Waals surface area contributed by atoms with Crippen LogP contribution in [0.25, 0.3) is 11.3 Å². The van der Waals surface area contributed by atoms with Gasteiger partial charge in [-0.15, -0.1) is 0 Å². The van der Waals surface area contributed by atoms with E-state index >= 15 is 0 Å². The zero-order valence-corrected chi connectivity index (χ0v) is 18.0. The van der Waals surface area contributed by atoms with Crippen molar-refractivity contribution in [2.45, 2.75) is 38.3 Å². The molecule has 0 spiro atoms. The average Bonchev–Trinajstić information content (AvgIpc) is 3.43. The highest BCUT2D eigenvalue weighted by atomic mass is 16.5. The van der Waals surface area contributed by atoms with Gasteiger partial charge in [0.1, 0.15) is 11.8 Å².